The van der Waals surface area contributed by atoms with E-state index in [1.165, 1.54) is 11.3 Å². The van der Waals surface area contributed by atoms with Crippen molar-refractivity contribution in [2.75, 3.05) is 5.73 Å². The minimum absolute atomic E-state index is 0.126. The van der Waals surface area contributed by atoms with Crippen LogP contribution in [0.2, 0.25) is 4.34 Å². The second kappa shape index (κ2) is 4.04. The lowest BCUT2D eigenvalue weighted by molar-refractivity contribution is 0.104. The van der Waals surface area contributed by atoms with E-state index in [1.807, 2.05) is 0 Å². The molecule has 2 N–H and O–H groups in total. The van der Waals surface area contributed by atoms with E-state index in [4.69, 9.17) is 17.3 Å². The third kappa shape index (κ3) is 1.89. The molecule has 15 heavy (non-hydrogen) atoms. The molecule has 0 unspecified atom stereocenters. The number of benzene rings is 1. The third-order valence-corrected chi connectivity index (χ3v) is 3.24. The topological polar surface area (TPSA) is 43.1 Å². The molecule has 76 valence electrons. The molecule has 2 aromatic rings. The number of halogens is 1. The van der Waals surface area contributed by atoms with E-state index in [9.17, 15) is 4.79 Å². The maximum Gasteiger partial charge on any atom is 0.197 e. The fourth-order valence-corrected chi connectivity index (χ4v) is 2.22. The smallest absolute Gasteiger partial charge is 0.197 e. The number of hydrogen-bond acceptors (Lipinski definition) is 3. The molecular weight excluding hydrogens is 230 g/mol. The van der Waals surface area contributed by atoms with Gasteiger partial charge in [0, 0.05) is 11.3 Å². The Morgan fingerprint density at radius 2 is 1.93 bits per heavy atom. The molecule has 0 atom stereocenters. The van der Waals surface area contributed by atoms with Gasteiger partial charge in [0.1, 0.15) is 4.34 Å². The van der Waals surface area contributed by atoms with Gasteiger partial charge in [0.2, 0.25) is 0 Å². The molecule has 0 aliphatic rings. The van der Waals surface area contributed by atoms with Gasteiger partial charge < -0.3 is 5.73 Å². The van der Waals surface area contributed by atoms with Gasteiger partial charge in [0.15, 0.2) is 5.78 Å². The Hall–Kier alpha value is -1.32. The highest BCUT2D eigenvalue weighted by Gasteiger charge is 2.15. The van der Waals surface area contributed by atoms with Crippen molar-refractivity contribution in [3.8, 4) is 0 Å². The van der Waals surface area contributed by atoms with Crippen LogP contribution in [-0.2, 0) is 0 Å². The van der Waals surface area contributed by atoms with Crippen molar-refractivity contribution in [3.05, 3.63) is 51.2 Å². The molecule has 4 heteroatoms. The van der Waals surface area contributed by atoms with Gasteiger partial charge in [0.05, 0.1) is 5.56 Å². The number of nitrogens with two attached hydrogens (primary N) is 1. The summed E-state index contributed by atoms with van der Waals surface area (Å²) in [4.78, 5) is 12.0. The average Bonchev–Trinajstić information content (AvgIpc) is 2.64. The van der Waals surface area contributed by atoms with Gasteiger partial charge in [-0.1, -0.05) is 23.7 Å². The van der Waals surface area contributed by atoms with E-state index in [0.29, 0.717) is 21.2 Å². The number of carbonyl (C=O) groups is 1. The molecule has 0 bridgehead atoms. The normalized spacial score (nSPS) is 10.2. The first-order chi connectivity index (χ1) is 7.20. The number of ketones is 1. The number of thiophene rings is 1. The molecule has 0 saturated heterocycles. The van der Waals surface area contributed by atoms with Gasteiger partial charge >= 0.3 is 0 Å². The van der Waals surface area contributed by atoms with Gasteiger partial charge in [-0.05, 0) is 23.6 Å². The highest BCUT2D eigenvalue weighted by molar-refractivity contribution is 7.14. The number of anilines is 1. The number of nitrogen functional groups attached to an aromatic ring is 1. The Labute approximate surface area is 96.3 Å². The van der Waals surface area contributed by atoms with Crippen LogP contribution in [-0.4, -0.2) is 5.78 Å². The first-order valence-electron chi connectivity index (χ1n) is 4.32. The van der Waals surface area contributed by atoms with E-state index in [1.54, 1.807) is 35.7 Å². The minimum Gasteiger partial charge on any atom is -0.398 e. The van der Waals surface area contributed by atoms with Crippen LogP contribution < -0.4 is 5.73 Å². The van der Waals surface area contributed by atoms with Gasteiger partial charge in [-0.3, -0.25) is 4.79 Å². The summed E-state index contributed by atoms with van der Waals surface area (Å²) in [5, 5.41) is 1.79. The average molecular weight is 238 g/mol. The predicted octanol–water partition coefficient (Wildman–Crippen LogP) is 3.21. The van der Waals surface area contributed by atoms with Crippen LogP contribution in [0, 0.1) is 0 Å². The zero-order valence-electron chi connectivity index (χ0n) is 7.74. The van der Waals surface area contributed by atoms with Crippen LogP contribution in [0.25, 0.3) is 0 Å². The first kappa shape index (κ1) is 10.2. The van der Waals surface area contributed by atoms with Crippen molar-refractivity contribution < 1.29 is 4.79 Å². The van der Waals surface area contributed by atoms with E-state index >= 15 is 0 Å². The maximum atomic E-state index is 12.0. The number of para-hydroxylation sites is 1. The lowest BCUT2D eigenvalue weighted by Gasteiger charge is -2.02. The van der Waals surface area contributed by atoms with Gasteiger partial charge in [0.25, 0.3) is 0 Å². The molecule has 2 nitrogen and oxygen atoms in total. The van der Waals surface area contributed by atoms with Crippen molar-refractivity contribution in [1.82, 2.24) is 0 Å². The van der Waals surface area contributed by atoms with Crippen LogP contribution in [0.1, 0.15) is 15.9 Å². The molecule has 1 aromatic carbocycles. The van der Waals surface area contributed by atoms with Crippen LogP contribution in [0.4, 0.5) is 5.69 Å². The highest BCUT2D eigenvalue weighted by atomic mass is 35.5. The molecule has 1 heterocycles. The lowest BCUT2D eigenvalue weighted by Crippen LogP contribution is -2.04. The summed E-state index contributed by atoms with van der Waals surface area (Å²) in [5.74, 6) is -0.126. The molecule has 0 spiro atoms. The Kier molecular flexibility index (Phi) is 2.75. The standard InChI is InChI=1S/C11H8ClNOS/c12-11-8(5-6-15-11)10(14)7-3-1-2-4-9(7)13/h1-6H,13H2. The molecule has 0 radical (unpaired) electrons. The summed E-state index contributed by atoms with van der Waals surface area (Å²) in [5.41, 5.74) is 7.21. The molecule has 1 aromatic heterocycles. The molecular formula is C11H8ClNOS. The molecule has 0 fully saturated rings. The second-order valence-electron chi connectivity index (χ2n) is 3.02. The summed E-state index contributed by atoms with van der Waals surface area (Å²) in [7, 11) is 0. The number of carbonyl (C=O) groups excluding carboxylic acids is 1. The maximum absolute atomic E-state index is 12.0. The van der Waals surface area contributed by atoms with Crippen molar-refractivity contribution in [3.63, 3.8) is 0 Å². The van der Waals surface area contributed by atoms with Crippen molar-refractivity contribution in [1.29, 1.82) is 0 Å². The summed E-state index contributed by atoms with van der Waals surface area (Å²) >= 11 is 7.23. The Morgan fingerprint density at radius 1 is 1.20 bits per heavy atom. The van der Waals surface area contributed by atoms with Crippen LogP contribution in [0.5, 0.6) is 0 Å². The van der Waals surface area contributed by atoms with Crippen molar-refractivity contribution in [2.24, 2.45) is 0 Å². The van der Waals surface area contributed by atoms with E-state index < -0.39 is 0 Å². The third-order valence-electron chi connectivity index (χ3n) is 2.07. The molecule has 2 rings (SSSR count). The molecule has 0 saturated carbocycles. The Balaban J connectivity index is 2.46. The van der Waals surface area contributed by atoms with E-state index in [2.05, 4.69) is 0 Å². The summed E-state index contributed by atoms with van der Waals surface area (Å²) in [6.45, 7) is 0. The van der Waals surface area contributed by atoms with Gasteiger partial charge in [-0.25, -0.2) is 0 Å². The first-order valence-corrected chi connectivity index (χ1v) is 5.58. The molecule has 0 aliphatic heterocycles. The predicted molar refractivity (Wildman–Crippen MR) is 63.6 cm³/mol. The summed E-state index contributed by atoms with van der Waals surface area (Å²) in [6.07, 6.45) is 0. The fourth-order valence-electron chi connectivity index (χ4n) is 1.30. The second-order valence-corrected chi connectivity index (χ2v) is 4.54. The summed E-state index contributed by atoms with van der Waals surface area (Å²) in [6, 6.07) is 8.69. The number of rotatable bonds is 2. The minimum atomic E-state index is -0.126. The van der Waals surface area contributed by atoms with Crippen LogP contribution >= 0.6 is 22.9 Å². The monoisotopic (exact) mass is 237 g/mol. The summed E-state index contributed by atoms with van der Waals surface area (Å²) < 4.78 is 0.503. The molecule has 0 amide bonds. The van der Waals surface area contributed by atoms with E-state index in [0.717, 1.165) is 0 Å². The zero-order valence-corrected chi connectivity index (χ0v) is 9.31. The largest absolute Gasteiger partial charge is 0.398 e. The SMILES string of the molecule is Nc1ccccc1C(=O)c1ccsc1Cl. The Bertz CT molecular complexity index is 507. The van der Waals surface area contributed by atoms with Crippen LogP contribution in [0.3, 0.4) is 0 Å². The highest BCUT2D eigenvalue weighted by Crippen LogP contribution is 2.26. The van der Waals surface area contributed by atoms with Gasteiger partial charge in [-0.2, -0.15) is 0 Å². The Morgan fingerprint density at radius 3 is 2.53 bits per heavy atom. The zero-order chi connectivity index (χ0) is 10.8. The van der Waals surface area contributed by atoms with Gasteiger partial charge in [-0.15, -0.1) is 11.3 Å². The molecule has 0 aliphatic carbocycles. The fraction of sp³-hybridized carbons (Fsp3) is 0. The van der Waals surface area contributed by atoms with E-state index in [-0.39, 0.29) is 5.78 Å². The van der Waals surface area contributed by atoms with Crippen molar-refractivity contribution in [2.45, 2.75) is 0 Å². The van der Waals surface area contributed by atoms with Crippen LogP contribution in [0.15, 0.2) is 35.7 Å². The quantitative estimate of drug-likeness (QED) is 0.644. The lowest BCUT2D eigenvalue weighted by atomic mass is 10.0. The number of hydrogen-bond donors (Lipinski definition) is 1. The van der Waals surface area contributed by atoms with Crippen molar-refractivity contribution >= 4 is 34.4 Å².